The summed E-state index contributed by atoms with van der Waals surface area (Å²) in [5.74, 6) is 0.0846. The average Bonchev–Trinajstić information content (AvgIpc) is 2.40. The lowest BCUT2D eigenvalue weighted by Gasteiger charge is -2.23. The van der Waals surface area contributed by atoms with Crippen LogP contribution in [-0.4, -0.2) is 51.9 Å². The Balaban J connectivity index is 2.39. The van der Waals surface area contributed by atoms with Gasteiger partial charge in [0.25, 0.3) is 0 Å². The van der Waals surface area contributed by atoms with E-state index in [-0.39, 0.29) is 18.1 Å². The van der Waals surface area contributed by atoms with Crippen LogP contribution in [0.5, 0.6) is 0 Å². The van der Waals surface area contributed by atoms with Crippen molar-refractivity contribution in [2.75, 3.05) is 31.8 Å². The summed E-state index contributed by atoms with van der Waals surface area (Å²) in [6, 6.07) is 0. The van der Waals surface area contributed by atoms with E-state index < -0.39 is 21.5 Å². The van der Waals surface area contributed by atoms with Crippen molar-refractivity contribution in [1.82, 2.24) is 5.32 Å². The standard InChI is InChI=1S/C9H17NO5S/c1-9(3-6-16(12,13)7-9)10-8(11)15-5-4-14-2/h3-7H2,1-2H3,(H,10,11)/t9-/m0/s1. The molecule has 94 valence electrons. The van der Waals surface area contributed by atoms with Crippen molar-refractivity contribution in [2.24, 2.45) is 0 Å². The molecule has 0 aliphatic carbocycles. The van der Waals surface area contributed by atoms with Crippen LogP contribution in [0.3, 0.4) is 0 Å². The smallest absolute Gasteiger partial charge is 0.407 e. The molecule has 1 fully saturated rings. The Hall–Kier alpha value is -0.820. The monoisotopic (exact) mass is 251 g/mol. The summed E-state index contributed by atoms with van der Waals surface area (Å²) in [7, 11) is -1.51. The topological polar surface area (TPSA) is 81.7 Å². The van der Waals surface area contributed by atoms with Crippen molar-refractivity contribution in [1.29, 1.82) is 0 Å². The van der Waals surface area contributed by atoms with Crippen LogP contribution in [0, 0.1) is 0 Å². The number of hydrogen-bond donors (Lipinski definition) is 1. The van der Waals surface area contributed by atoms with Gasteiger partial charge >= 0.3 is 6.09 Å². The number of rotatable bonds is 4. The van der Waals surface area contributed by atoms with Crippen molar-refractivity contribution in [2.45, 2.75) is 18.9 Å². The van der Waals surface area contributed by atoms with Crippen LogP contribution in [0.1, 0.15) is 13.3 Å². The van der Waals surface area contributed by atoms with Gasteiger partial charge in [-0.05, 0) is 13.3 Å². The first-order valence-corrected chi connectivity index (χ1v) is 6.83. The van der Waals surface area contributed by atoms with Gasteiger partial charge in [0.05, 0.1) is 23.7 Å². The Bertz CT molecular complexity index is 353. The van der Waals surface area contributed by atoms with E-state index in [2.05, 4.69) is 5.32 Å². The van der Waals surface area contributed by atoms with Crippen molar-refractivity contribution in [3.8, 4) is 0 Å². The van der Waals surface area contributed by atoms with Gasteiger partial charge in [-0.25, -0.2) is 13.2 Å². The highest BCUT2D eigenvalue weighted by atomic mass is 32.2. The number of amides is 1. The van der Waals surface area contributed by atoms with E-state index in [4.69, 9.17) is 9.47 Å². The third kappa shape index (κ3) is 3.97. The maximum atomic E-state index is 11.3. The largest absolute Gasteiger partial charge is 0.447 e. The second-order valence-electron chi connectivity index (χ2n) is 4.16. The molecule has 1 N–H and O–H groups in total. The first-order chi connectivity index (χ1) is 7.37. The highest BCUT2D eigenvalue weighted by Gasteiger charge is 2.39. The first kappa shape index (κ1) is 13.2. The van der Waals surface area contributed by atoms with Crippen LogP contribution >= 0.6 is 0 Å². The number of carbonyl (C=O) groups is 1. The fourth-order valence-electron chi connectivity index (χ4n) is 1.61. The summed E-state index contributed by atoms with van der Waals surface area (Å²) in [4.78, 5) is 11.3. The molecule has 0 bridgehead atoms. The third-order valence-electron chi connectivity index (χ3n) is 2.43. The van der Waals surface area contributed by atoms with Gasteiger partial charge < -0.3 is 14.8 Å². The number of hydrogen-bond acceptors (Lipinski definition) is 5. The Morgan fingerprint density at radius 3 is 2.62 bits per heavy atom. The predicted octanol–water partition coefficient (Wildman–Crippen LogP) is -0.0638. The van der Waals surface area contributed by atoms with Crippen molar-refractivity contribution < 1.29 is 22.7 Å². The van der Waals surface area contributed by atoms with E-state index in [0.29, 0.717) is 13.0 Å². The second-order valence-corrected chi connectivity index (χ2v) is 6.34. The number of methoxy groups -OCH3 is 1. The maximum Gasteiger partial charge on any atom is 0.407 e. The Labute approximate surface area is 95.2 Å². The third-order valence-corrected chi connectivity index (χ3v) is 4.33. The molecular weight excluding hydrogens is 234 g/mol. The van der Waals surface area contributed by atoms with Crippen LogP contribution in [0.2, 0.25) is 0 Å². The summed E-state index contributed by atoms with van der Waals surface area (Å²) in [5.41, 5.74) is -0.705. The average molecular weight is 251 g/mol. The van der Waals surface area contributed by atoms with E-state index >= 15 is 0 Å². The molecule has 0 aromatic carbocycles. The van der Waals surface area contributed by atoms with E-state index in [1.807, 2.05) is 0 Å². The zero-order valence-electron chi connectivity index (χ0n) is 9.49. The van der Waals surface area contributed by atoms with Crippen molar-refractivity contribution in [3.05, 3.63) is 0 Å². The molecule has 1 saturated heterocycles. The molecule has 7 heteroatoms. The van der Waals surface area contributed by atoms with Gasteiger partial charge in [-0.3, -0.25) is 0 Å². The fraction of sp³-hybridized carbons (Fsp3) is 0.889. The molecule has 1 heterocycles. The Kier molecular flexibility index (Phi) is 4.15. The van der Waals surface area contributed by atoms with E-state index in [9.17, 15) is 13.2 Å². The van der Waals surface area contributed by atoms with Crippen LogP contribution in [0.15, 0.2) is 0 Å². The lowest BCUT2D eigenvalue weighted by Crippen LogP contribution is -2.47. The molecule has 1 aliphatic rings. The SMILES string of the molecule is COCCOC(=O)N[C@@]1(C)CCS(=O)(=O)C1. The zero-order valence-corrected chi connectivity index (χ0v) is 10.3. The Morgan fingerprint density at radius 2 is 2.12 bits per heavy atom. The second kappa shape index (κ2) is 5.01. The van der Waals surface area contributed by atoms with Crippen LogP contribution in [-0.2, 0) is 19.3 Å². The minimum Gasteiger partial charge on any atom is -0.447 e. The zero-order chi connectivity index (χ0) is 12.2. The molecule has 1 rings (SSSR count). The molecule has 0 radical (unpaired) electrons. The summed E-state index contributed by atoms with van der Waals surface area (Å²) < 4.78 is 32.1. The normalized spacial score (nSPS) is 27.6. The van der Waals surface area contributed by atoms with Gasteiger partial charge in [0, 0.05) is 7.11 Å². The molecule has 6 nitrogen and oxygen atoms in total. The summed E-state index contributed by atoms with van der Waals surface area (Å²) in [5, 5.41) is 2.57. The lowest BCUT2D eigenvalue weighted by molar-refractivity contribution is 0.0935. The minimum atomic E-state index is -3.02. The van der Waals surface area contributed by atoms with Gasteiger partial charge in [0.2, 0.25) is 0 Å². The van der Waals surface area contributed by atoms with Crippen LogP contribution in [0.25, 0.3) is 0 Å². The molecule has 0 saturated carbocycles. The number of nitrogens with one attached hydrogen (secondary N) is 1. The molecule has 1 amide bonds. The molecule has 0 aromatic heterocycles. The Morgan fingerprint density at radius 1 is 1.44 bits per heavy atom. The summed E-state index contributed by atoms with van der Waals surface area (Å²) >= 11 is 0. The number of carbonyl (C=O) groups excluding carboxylic acids is 1. The highest BCUT2D eigenvalue weighted by Crippen LogP contribution is 2.22. The maximum absolute atomic E-state index is 11.3. The molecule has 0 spiro atoms. The van der Waals surface area contributed by atoms with Gasteiger partial charge in [-0.2, -0.15) is 0 Å². The number of ether oxygens (including phenoxy) is 2. The van der Waals surface area contributed by atoms with E-state index in [1.165, 1.54) is 7.11 Å². The molecular formula is C9H17NO5S. The van der Waals surface area contributed by atoms with Gasteiger partial charge in [0.1, 0.15) is 6.61 Å². The number of sulfone groups is 1. The summed E-state index contributed by atoms with van der Waals surface area (Å²) in [6.45, 7) is 2.18. The highest BCUT2D eigenvalue weighted by molar-refractivity contribution is 7.91. The van der Waals surface area contributed by atoms with Crippen LogP contribution in [0.4, 0.5) is 4.79 Å². The van der Waals surface area contributed by atoms with Gasteiger partial charge in [-0.15, -0.1) is 0 Å². The van der Waals surface area contributed by atoms with Crippen molar-refractivity contribution >= 4 is 15.9 Å². The molecule has 0 aromatic rings. The summed E-state index contributed by atoms with van der Waals surface area (Å²) in [6.07, 6.45) is -0.175. The molecule has 1 aliphatic heterocycles. The van der Waals surface area contributed by atoms with Gasteiger partial charge in [0.15, 0.2) is 9.84 Å². The molecule has 16 heavy (non-hydrogen) atoms. The van der Waals surface area contributed by atoms with Crippen LogP contribution < -0.4 is 5.32 Å². The first-order valence-electron chi connectivity index (χ1n) is 5.01. The van der Waals surface area contributed by atoms with E-state index in [0.717, 1.165) is 0 Å². The number of alkyl carbamates (subject to hydrolysis) is 1. The minimum absolute atomic E-state index is 0.0284. The van der Waals surface area contributed by atoms with E-state index in [1.54, 1.807) is 6.92 Å². The van der Waals surface area contributed by atoms with Gasteiger partial charge in [-0.1, -0.05) is 0 Å². The lowest BCUT2D eigenvalue weighted by atomic mass is 10.0. The molecule has 1 atom stereocenters. The fourth-order valence-corrected chi connectivity index (χ4v) is 3.70. The van der Waals surface area contributed by atoms with Crippen molar-refractivity contribution in [3.63, 3.8) is 0 Å². The molecule has 0 unspecified atom stereocenters. The predicted molar refractivity (Wildman–Crippen MR) is 58.0 cm³/mol. The quantitative estimate of drug-likeness (QED) is 0.708.